The van der Waals surface area contributed by atoms with E-state index in [1.807, 2.05) is 4.90 Å². The van der Waals surface area contributed by atoms with Crippen molar-refractivity contribution in [2.24, 2.45) is 5.92 Å². The molecular formula is C14H22N2O. The molecule has 0 aliphatic carbocycles. The van der Waals surface area contributed by atoms with Crippen LogP contribution in [-0.2, 0) is 4.79 Å². The minimum atomic E-state index is 0.241. The molecule has 0 aromatic rings. The van der Waals surface area contributed by atoms with Gasteiger partial charge in [0, 0.05) is 32.0 Å². The zero-order valence-electron chi connectivity index (χ0n) is 10.5. The fraction of sp³-hybridized carbons (Fsp3) is 0.786. The number of hydrogen-bond donors (Lipinski definition) is 1. The van der Waals surface area contributed by atoms with Gasteiger partial charge in [-0.25, -0.2) is 0 Å². The van der Waals surface area contributed by atoms with E-state index in [4.69, 9.17) is 6.42 Å². The van der Waals surface area contributed by atoms with Gasteiger partial charge >= 0.3 is 0 Å². The lowest BCUT2D eigenvalue weighted by atomic mass is 9.89. The zero-order chi connectivity index (χ0) is 12.1. The van der Waals surface area contributed by atoms with Crippen LogP contribution >= 0.6 is 0 Å². The summed E-state index contributed by atoms with van der Waals surface area (Å²) in [6, 6.07) is 0.637. The van der Waals surface area contributed by atoms with Crippen LogP contribution in [-0.4, -0.2) is 36.5 Å². The van der Waals surface area contributed by atoms with Crippen molar-refractivity contribution in [2.45, 2.75) is 44.6 Å². The molecule has 1 N–H and O–H groups in total. The molecule has 3 nitrogen and oxygen atoms in total. The number of carbonyl (C=O) groups is 1. The van der Waals surface area contributed by atoms with E-state index in [1.165, 1.54) is 19.3 Å². The van der Waals surface area contributed by atoms with Crippen LogP contribution in [0.15, 0.2) is 0 Å². The molecule has 2 heterocycles. The largest absolute Gasteiger partial charge is 0.342 e. The van der Waals surface area contributed by atoms with Gasteiger partial charge < -0.3 is 10.2 Å². The highest BCUT2D eigenvalue weighted by Gasteiger charge is 2.30. The van der Waals surface area contributed by atoms with Gasteiger partial charge in [0.25, 0.3) is 0 Å². The second-order valence-electron chi connectivity index (χ2n) is 5.15. The van der Waals surface area contributed by atoms with Crippen molar-refractivity contribution in [3.05, 3.63) is 0 Å². The lowest BCUT2D eigenvalue weighted by molar-refractivity contribution is -0.133. The molecule has 2 unspecified atom stereocenters. The summed E-state index contributed by atoms with van der Waals surface area (Å²) in [7, 11) is 0. The van der Waals surface area contributed by atoms with E-state index in [1.54, 1.807) is 0 Å². The Morgan fingerprint density at radius 2 is 2.29 bits per heavy atom. The van der Waals surface area contributed by atoms with E-state index in [-0.39, 0.29) is 5.91 Å². The quantitative estimate of drug-likeness (QED) is 0.748. The number of carbonyl (C=O) groups excluding carboxylic acids is 1. The van der Waals surface area contributed by atoms with Crippen LogP contribution < -0.4 is 5.32 Å². The highest BCUT2D eigenvalue weighted by Crippen LogP contribution is 2.25. The molecule has 2 fully saturated rings. The van der Waals surface area contributed by atoms with Crippen molar-refractivity contribution < 1.29 is 4.79 Å². The molecule has 0 saturated carbocycles. The van der Waals surface area contributed by atoms with E-state index in [2.05, 4.69) is 11.2 Å². The van der Waals surface area contributed by atoms with Crippen LogP contribution in [0.3, 0.4) is 0 Å². The van der Waals surface area contributed by atoms with Crippen molar-refractivity contribution in [2.75, 3.05) is 19.6 Å². The normalized spacial score (nSPS) is 29.0. The summed E-state index contributed by atoms with van der Waals surface area (Å²) in [6.07, 6.45) is 11.3. The van der Waals surface area contributed by atoms with Crippen LogP contribution in [0.2, 0.25) is 0 Å². The molecule has 2 aliphatic rings. The van der Waals surface area contributed by atoms with E-state index in [0.717, 1.165) is 26.1 Å². The third kappa shape index (κ3) is 3.23. The molecule has 0 bridgehead atoms. The molecule has 3 heteroatoms. The van der Waals surface area contributed by atoms with Gasteiger partial charge in [0.05, 0.1) is 0 Å². The maximum atomic E-state index is 11.9. The highest BCUT2D eigenvalue weighted by atomic mass is 16.2. The molecular weight excluding hydrogens is 212 g/mol. The summed E-state index contributed by atoms with van der Waals surface area (Å²) >= 11 is 0. The van der Waals surface area contributed by atoms with Crippen molar-refractivity contribution in [1.29, 1.82) is 0 Å². The van der Waals surface area contributed by atoms with Crippen LogP contribution in [0.5, 0.6) is 0 Å². The average molecular weight is 234 g/mol. The Balaban J connectivity index is 1.83. The SMILES string of the molecule is C#CCCC(=O)N1CCCC(C2CCCN2)C1. The van der Waals surface area contributed by atoms with Crippen LogP contribution in [0.4, 0.5) is 0 Å². The Bertz CT molecular complexity index is 302. The van der Waals surface area contributed by atoms with E-state index in [9.17, 15) is 4.79 Å². The molecule has 2 saturated heterocycles. The standard InChI is InChI=1S/C14H22N2O/c1-2-3-8-14(17)16-10-5-6-12(11-16)13-7-4-9-15-13/h1,12-13,15H,3-11H2. The lowest BCUT2D eigenvalue weighted by Crippen LogP contribution is -2.45. The maximum absolute atomic E-state index is 11.9. The van der Waals surface area contributed by atoms with Gasteiger partial charge in [-0.15, -0.1) is 12.3 Å². The topological polar surface area (TPSA) is 32.3 Å². The molecule has 17 heavy (non-hydrogen) atoms. The first kappa shape index (κ1) is 12.4. The lowest BCUT2D eigenvalue weighted by Gasteiger charge is -2.35. The Hall–Kier alpha value is -1.01. The van der Waals surface area contributed by atoms with E-state index < -0.39 is 0 Å². The third-order valence-electron chi connectivity index (χ3n) is 3.96. The van der Waals surface area contributed by atoms with Gasteiger partial charge in [-0.05, 0) is 38.1 Å². The molecule has 2 aliphatic heterocycles. The second kappa shape index (κ2) is 6.07. The first-order valence-electron chi connectivity index (χ1n) is 6.76. The number of amides is 1. The summed E-state index contributed by atoms with van der Waals surface area (Å²) < 4.78 is 0. The molecule has 0 aromatic heterocycles. The van der Waals surface area contributed by atoms with Crippen molar-refractivity contribution >= 4 is 5.91 Å². The molecule has 2 atom stereocenters. The predicted molar refractivity (Wildman–Crippen MR) is 68.4 cm³/mol. The van der Waals surface area contributed by atoms with Crippen LogP contribution in [0, 0.1) is 18.3 Å². The number of nitrogens with zero attached hydrogens (tertiary/aromatic N) is 1. The summed E-state index contributed by atoms with van der Waals surface area (Å²) in [4.78, 5) is 13.9. The van der Waals surface area contributed by atoms with Gasteiger partial charge in [0.15, 0.2) is 0 Å². The highest BCUT2D eigenvalue weighted by molar-refractivity contribution is 5.76. The molecule has 0 spiro atoms. The summed E-state index contributed by atoms with van der Waals surface area (Å²) in [5.74, 6) is 3.44. The number of piperidine rings is 1. The fourth-order valence-corrected chi connectivity index (χ4v) is 3.02. The first-order valence-corrected chi connectivity index (χ1v) is 6.76. The molecule has 0 radical (unpaired) electrons. The Morgan fingerprint density at radius 1 is 1.41 bits per heavy atom. The smallest absolute Gasteiger partial charge is 0.223 e. The average Bonchev–Trinajstić information content (AvgIpc) is 2.90. The van der Waals surface area contributed by atoms with Gasteiger partial charge in [-0.2, -0.15) is 0 Å². The summed E-state index contributed by atoms with van der Waals surface area (Å²) in [6.45, 7) is 3.00. The maximum Gasteiger partial charge on any atom is 0.223 e. The number of terminal acetylenes is 1. The van der Waals surface area contributed by atoms with Crippen LogP contribution in [0.1, 0.15) is 38.5 Å². The Labute approximate surface area is 104 Å². The zero-order valence-corrected chi connectivity index (χ0v) is 10.5. The van der Waals surface area contributed by atoms with Gasteiger partial charge in [0.2, 0.25) is 5.91 Å². The molecule has 94 valence electrons. The number of rotatable bonds is 3. The summed E-state index contributed by atoms with van der Waals surface area (Å²) in [5, 5.41) is 3.56. The number of hydrogen-bond acceptors (Lipinski definition) is 2. The fourth-order valence-electron chi connectivity index (χ4n) is 3.02. The van der Waals surface area contributed by atoms with Crippen LogP contribution in [0.25, 0.3) is 0 Å². The predicted octanol–water partition coefficient (Wildman–Crippen LogP) is 1.39. The summed E-state index contributed by atoms with van der Waals surface area (Å²) in [5.41, 5.74) is 0. The van der Waals surface area contributed by atoms with Crippen molar-refractivity contribution in [3.63, 3.8) is 0 Å². The minimum absolute atomic E-state index is 0.241. The second-order valence-corrected chi connectivity index (χ2v) is 5.15. The number of likely N-dealkylation sites (tertiary alicyclic amines) is 1. The van der Waals surface area contributed by atoms with E-state index >= 15 is 0 Å². The Kier molecular flexibility index (Phi) is 4.44. The molecule has 0 aromatic carbocycles. The monoisotopic (exact) mass is 234 g/mol. The Morgan fingerprint density at radius 3 is 3.00 bits per heavy atom. The van der Waals surface area contributed by atoms with E-state index in [0.29, 0.717) is 24.8 Å². The molecule has 1 amide bonds. The minimum Gasteiger partial charge on any atom is -0.342 e. The van der Waals surface area contributed by atoms with Crippen molar-refractivity contribution in [1.82, 2.24) is 10.2 Å². The third-order valence-corrected chi connectivity index (χ3v) is 3.96. The van der Waals surface area contributed by atoms with Gasteiger partial charge in [0.1, 0.15) is 0 Å². The van der Waals surface area contributed by atoms with Gasteiger partial charge in [-0.3, -0.25) is 4.79 Å². The van der Waals surface area contributed by atoms with Crippen molar-refractivity contribution in [3.8, 4) is 12.3 Å². The first-order chi connectivity index (χ1) is 8.31. The van der Waals surface area contributed by atoms with Gasteiger partial charge in [-0.1, -0.05) is 0 Å². The molecule has 2 rings (SSSR count). The number of nitrogens with one attached hydrogen (secondary N) is 1.